The third kappa shape index (κ3) is 4.79. The van der Waals surface area contributed by atoms with Crippen LogP contribution in [0.1, 0.15) is 45.4 Å². The Labute approximate surface area is 119 Å². The number of unbranched alkanes of at least 4 members (excludes halogenated alkanes) is 4. The van der Waals surface area contributed by atoms with Gasteiger partial charge >= 0.3 is 0 Å². The van der Waals surface area contributed by atoms with E-state index >= 15 is 0 Å². The van der Waals surface area contributed by atoms with E-state index in [9.17, 15) is 25.2 Å². The Balaban J connectivity index is 2.36. The van der Waals surface area contributed by atoms with Crippen molar-refractivity contribution in [3.05, 3.63) is 0 Å². The van der Waals surface area contributed by atoms with E-state index in [2.05, 4.69) is 6.92 Å². The summed E-state index contributed by atoms with van der Waals surface area (Å²) in [6.07, 6.45) is -1.51. The van der Waals surface area contributed by atoms with Gasteiger partial charge < -0.3 is 25.2 Å². The van der Waals surface area contributed by atoms with Gasteiger partial charge in [0.15, 0.2) is 5.78 Å². The molecule has 0 aromatic rings. The van der Waals surface area contributed by atoms with Crippen molar-refractivity contribution in [1.29, 1.82) is 0 Å². The highest BCUT2D eigenvalue weighted by Crippen LogP contribution is 2.20. The first kappa shape index (κ1) is 17.5. The van der Waals surface area contributed by atoms with Gasteiger partial charge in [-0.15, -0.1) is 0 Å². The molecular formula is C14H26O6. The van der Waals surface area contributed by atoms with Crippen molar-refractivity contribution in [3.8, 4) is 0 Å². The number of rotatable bonds is 8. The minimum absolute atomic E-state index is 0.205. The molecule has 0 aliphatic carbocycles. The molecule has 4 N–H and O–H groups in total. The largest absolute Gasteiger partial charge is 0.388 e. The lowest BCUT2D eigenvalue weighted by molar-refractivity contribution is -0.210. The quantitative estimate of drug-likeness (QED) is 0.460. The van der Waals surface area contributed by atoms with Gasteiger partial charge in [-0.3, -0.25) is 4.79 Å². The van der Waals surface area contributed by atoms with Crippen LogP contribution in [-0.4, -0.2) is 63.3 Å². The predicted molar refractivity (Wildman–Crippen MR) is 72.2 cm³/mol. The molecule has 118 valence electrons. The smallest absolute Gasteiger partial charge is 0.164 e. The van der Waals surface area contributed by atoms with Gasteiger partial charge in [-0.2, -0.15) is 0 Å². The molecule has 1 heterocycles. The van der Waals surface area contributed by atoms with Crippen molar-refractivity contribution in [2.45, 2.75) is 76.0 Å². The van der Waals surface area contributed by atoms with Crippen molar-refractivity contribution in [2.75, 3.05) is 6.61 Å². The molecule has 20 heavy (non-hydrogen) atoms. The zero-order chi connectivity index (χ0) is 15.1. The van der Waals surface area contributed by atoms with Crippen LogP contribution in [0.25, 0.3) is 0 Å². The van der Waals surface area contributed by atoms with E-state index in [-0.39, 0.29) is 13.0 Å². The summed E-state index contributed by atoms with van der Waals surface area (Å²) in [6.45, 7) is 1.90. The number of aliphatic hydroxyl groups is 4. The van der Waals surface area contributed by atoms with Gasteiger partial charge in [-0.1, -0.05) is 32.6 Å². The molecule has 1 rings (SSSR count). The van der Waals surface area contributed by atoms with E-state index in [4.69, 9.17) is 4.74 Å². The molecule has 0 bridgehead atoms. The number of ketones is 1. The van der Waals surface area contributed by atoms with Crippen molar-refractivity contribution in [3.63, 3.8) is 0 Å². The van der Waals surface area contributed by atoms with E-state index in [0.29, 0.717) is 6.42 Å². The fourth-order valence-electron chi connectivity index (χ4n) is 2.34. The van der Waals surface area contributed by atoms with Gasteiger partial charge in [0.2, 0.25) is 0 Å². The fraction of sp³-hybridized carbons (Fsp3) is 0.929. The number of aliphatic hydroxyl groups excluding tert-OH is 4. The second-order valence-corrected chi connectivity index (χ2v) is 5.42. The van der Waals surface area contributed by atoms with Gasteiger partial charge in [0.05, 0.1) is 6.61 Å². The minimum Gasteiger partial charge on any atom is -0.388 e. The highest BCUT2D eigenvalue weighted by molar-refractivity contribution is 5.83. The van der Waals surface area contributed by atoms with Crippen LogP contribution in [0, 0.1) is 0 Å². The first-order valence-electron chi connectivity index (χ1n) is 7.35. The number of Topliss-reactive ketones (excluding diaryl/α,β-unsaturated/α-hetero) is 1. The Kier molecular flexibility index (Phi) is 7.61. The standard InChI is InChI=1S/C14H26O6/c1-2-3-4-5-6-7-9(15)12(18)14-13(19)11(17)10(16)8-20-14/h10-14,16-19H,2-8H2,1H3/t10-,11+,12?,13-,14+/m0/s1. The lowest BCUT2D eigenvalue weighted by Gasteiger charge is -2.37. The summed E-state index contributed by atoms with van der Waals surface area (Å²) < 4.78 is 5.07. The van der Waals surface area contributed by atoms with Crippen LogP contribution in [0.2, 0.25) is 0 Å². The average molecular weight is 290 g/mol. The van der Waals surface area contributed by atoms with Crippen LogP contribution in [0.3, 0.4) is 0 Å². The lowest BCUT2D eigenvalue weighted by atomic mass is 9.93. The highest BCUT2D eigenvalue weighted by atomic mass is 16.5. The normalized spacial score (nSPS) is 32.0. The molecule has 1 aliphatic rings. The summed E-state index contributed by atoms with van der Waals surface area (Å²) in [6, 6.07) is 0. The van der Waals surface area contributed by atoms with Gasteiger partial charge in [0, 0.05) is 6.42 Å². The molecule has 0 aromatic heterocycles. The van der Waals surface area contributed by atoms with Crippen molar-refractivity contribution < 1.29 is 30.0 Å². The Morgan fingerprint density at radius 2 is 1.80 bits per heavy atom. The molecule has 1 aliphatic heterocycles. The Morgan fingerprint density at radius 1 is 1.15 bits per heavy atom. The molecule has 6 nitrogen and oxygen atoms in total. The summed E-state index contributed by atoms with van der Waals surface area (Å²) in [7, 11) is 0. The summed E-state index contributed by atoms with van der Waals surface area (Å²) >= 11 is 0. The van der Waals surface area contributed by atoms with E-state index in [1.165, 1.54) is 0 Å². The number of carbonyl (C=O) groups excluding carboxylic acids is 1. The second-order valence-electron chi connectivity index (χ2n) is 5.42. The van der Waals surface area contributed by atoms with Gasteiger partial charge in [-0.05, 0) is 6.42 Å². The Hall–Kier alpha value is -0.530. The van der Waals surface area contributed by atoms with Crippen molar-refractivity contribution in [2.24, 2.45) is 0 Å². The number of hydrogen-bond donors (Lipinski definition) is 4. The maximum atomic E-state index is 11.8. The topological polar surface area (TPSA) is 107 Å². The van der Waals surface area contributed by atoms with Crippen molar-refractivity contribution in [1.82, 2.24) is 0 Å². The third-order valence-electron chi connectivity index (χ3n) is 3.71. The number of ether oxygens (including phenoxy) is 1. The van der Waals surface area contributed by atoms with E-state index < -0.39 is 36.3 Å². The molecule has 1 unspecified atom stereocenters. The molecule has 0 aromatic carbocycles. The van der Waals surface area contributed by atoms with Crippen molar-refractivity contribution >= 4 is 5.78 Å². The number of carbonyl (C=O) groups is 1. The monoisotopic (exact) mass is 290 g/mol. The zero-order valence-corrected chi connectivity index (χ0v) is 11.9. The average Bonchev–Trinajstić information content (AvgIpc) is 2.44. The maximum absolute atomic E-state index is 11.8. The summed E-state index contributed by atoms with van der Waals surface area (Å²) in [4.78, 5) is 11.8. The Morgan fingerprint density at radius 3 is 2.45 bits per heavy atom. The minimum atomic E-state index is -1.46. The molecule has 1 saturated heterocycles. The molecule has 1 fully saturated rings. The van der Waals surface area contributed by atoms with Crippen LogP contribution in [0.15, 0.2) is 0 Å². The van der Waals surface area contributed by atoms with Crippen LogP contribution in [0.5, 0.6) is 0 Å². The maximum Gasteiger partial charge on any atom is 0.164 e. The summed E-state index contributed by atoms with van der Waals surface area (Å²) in [5.74, 6) is -0.394. The van der Waals surface area contributed by atoms with Crippen LogP contribution in [-0.2, 0) is 9.53 Å². The SMILES string of the molecule is CCCCCCCC(=O)C(O)[C@H]1OC[C@H](O)[C@@H](O)[C@@H]1O. The van der Waals surface area contributed by atoms with E-state index in [0.717, 1.165) is 25.7 Å². The molecule has 5 atom stereocenters. The number of hydrogen-bond acceptors (Lipinski definition) is 6. The molecule has 6 heteroatoms. The third-order valence-corrected chi connectivity index (χ3v) is 3.71. The Bertz CT molecular complexity index is 295. The summed E-state index contributed by atoms with van der Waals surface area (Å²) in [5.41, 5.74) is 0. The van der Waals surface area contributed by atoms with Crippen LogP contribution in [0.4, 0.5) is 0 Å². The molecule has 0 radical (unpaired) electrons. The van der Waals surface area contributed by atoms with E-state index in [1.54, 1.807) is 0 Å². The summed E-state index contributed by atoms with van der Waals surface area (Å²) in [5, 5.41) is 38.4. The van der Waals surface area contributed by atoms with Crippen LogP contribution >= 0.6 is 0 Å². The second kappa shape index (κ2) is 8.69. The molecular weight excluding hydrogens is 264 g/mol. The van der Waals surface area contributed by atoms with Gasteiger partial charge in [-0.25, -0.2) is 0 Å². The fourth-order valence-corrected chi connectivity index (χ4v) is 2.34. The molecule has 0 saturated carbocycles. The first-order valence-corrected chi connectivity index (χ1v) is 7.35. The van der Waals surface area contributed by atoms with Crippen LogP contribution < -0.4 is 0 Å². The first-order chi connectivity index (χ1) is 9.49. The lowest BCUT2D eigenvalue weighted by Crippen LogP contribution is -2.58. The van der Waals surface area contributed by atoms with Gasteiger partial charge in [0.25, 0.3) is 0 Å². The molecule has 0 spiro atoms. The predicted octanol–water partition coefficient (Wildman–Crippen LogP) is -0.242. The van der Waals surface area contributed by atoms with Gasteiger partial charge in [0.1, 0.15) is 30.5 Å². The zero-order valence-electron chi connectivity index (χ0n) is 11.9. The molecule has 0 amide bonds. The van der Waals surface area contributed by atoms with E-state index in [1.807, 2.05) is 0 Å². The highest BCUT2D eigenvalue weighted by Gasteiger charge is 2.42.